The molecule has 162 valence electrons. The number of aryl methyl sites for hydroxylation is 1. The highest BCUT2D eigenvalue weighted by Gasteiger charge is 2.50. The smallest absolute Gasteiger partial charge is 0.403 e. The zero-order chi connectivity index (χ0) is 24.4. The summed E-state index contributed by atoms with van der Waals surface area (Å²) in [5.74, 6) is -3.49. The van der Waals surface area contributed by atoms with Crippen molar-refractivity contribution in [1.82, 2.24) is 9.55 Å². The molecule has 13 heteroatoms. The highest BCUT2D eigenvalue weighted by Crippen LogP contribution is 2.56. The molecule has 0 spiro atoms. The normalized spacial score (nSPS) is 35.1. The third kappa shape index (κ3) is 3.96. The van der Waals surface area contributed by atoms with Crippen molar-refractivity contribution in [3.63, 3.8) is 0 Å². The average Bonchev–Trinajstić information content (AvgIpc) is 2.95. The number of nitrogens with zero attached hydrogens (tertiary/aromatic N) is 1. The van der Waals surface area contributed by atoms with Crippen LogP contribution in [0, 0.1) is 6.92 Å². The molecule has 2 aromatic rings. The first-order valence-electron chi connectivity index (χ1n) is 10.0. The van der Waals surface area contributed by atoms with Crippen molar-refractivity contribution in [2.45, 2.75) is 38.1 Å². The number of rotatable bonds is 4. The van der Waals surface area contributed by atoms with Crippen molar-refractivity contribution < 1.29 is 36.5 Å². The highest BCUT2D eigenvalue weighted by molar-refractivity contribution is 7.49. The van der Waals surface area contributed by atoms with Gasteiger partial charge in [-0.25, -0.2) is 13.8 Å². The molecule has 3 heterocycles. The van der Waals surface area contributed by atoms with Crippen molar-refractivity contribution in [3.05, 3.63) is 61.4 Å². The van der Waals surface area contributed by atoms with Crippen LogP contribution < -0.4 is 15.8 Å². The van der Waals surface area contributed by atoms with Gasteiger partial charge in [-0.1, -0.05) is 29.8 Å². The fourth-order valence-corrected chi connectivity index (χ4v) is 4.23. The summed E-state index contributed by atoms with van der Waals surface area (Å²) in [5, 5.41) is 9.75. The number of nitrogens with one attached hydrogen (secondary N) is 1. The lowest BCUT2D eigenvalue weighted by Gasteiger charge is -2.28. The van der Waals surface area contributed by atoms with Crippen molar-refractivity contribution in [1.29, 1.82) is 0 Å². The molecule has 0 radical (unpaired) electrons. The van der Waals surface area contributed by atoms with E-state index in [2.05, 4.69) is 0 Å². The van der Waals surface area contributed by atoms with E-state index in [9.17, 15) is 19.3 Å². The van der Waals surface area contributed by atoms with Crippen LogP contribution in [0.15, 0.2) is 34.0 Å². The number of halogens is 2. The van der Waals surface area contributed by atoms with Crippen LogP contribution in [0.4, 0.5) is 4.39 Å². The first kappa shape index (κ1) is 17.6. The fraction of sp³-hybridized carbons (Fsp3) is 0.412. The molecule has 1 aromatic heterocycles. The summed E-state index contributed by atoms with van der Waals surface area (Å²) in [4.78, 5) is 25.3. The van der Waals surface area contributed by atoms with Gasteiger partial charge in [-0.05, 0) is 12.5 Å². The number of aromatic nitrogens is 2. The second-order valence-electron chi connectivity index (χ2n) is 6.56. The number of aliphatic hydroxyl groups excluding tert-OH is 1. The first-order valence-corrected chi connectivity index (χ1v) is 10.4. The molecule has 4 rings (SSSR count). The van der Waals surface area contributed by atoms with E-state index >= 15 is 4.39 Å². The van der Waals surface area contributed by atoms with Gasteiger partial charge >= 0.3 is 13.5 Å². The van der Waals surface area contributed by atoms with Gasteiger partial charge in [-0.3, -0.25) is 23.4 Å². The summed E-state index contributed by atoms with van der Waals surface area (Å²) in [6.07, 6.45) is -5.68. The summed E-state index contributed by atoms with van der Waals surface area (Å²) in [6.45, 7) is -2.24. The number of para-hydroxylation sites is 1. The largest absolute Gasteiger partial charge is 0.530 e. The standard InChI is InChI=1S/C17H17ClFN2O8P/c1-9-3-2-4-10-7-26-30(25,29-13(9)10)27-8-17(19)5-12(22)15(28-17)21-6-11(18)14(23)20-16(21)24/h2-4,6,12,15,22H,5,7-8H2,1H3,(H,20,23,24)/t12-,15-,17+,30?/m1/s1/i8D2,15D. The van der Waals surface area contributed by atoms with Crippen LogP contribution in [0.25, 0.3) is 0 Å². The second-order valence-corrected chi connectivity index (χ2v) is 8.49. The Kier molecular flexibility index (Phi) is 4.47. The van der Waals surface area contributed by atoms with Gasteiger partial charge in [0.2, 0.25) is 5.85 Å². The number of alkyl halides is 1. The van der Waals surface area contributed by atoms with Crippen LogP contribution in [-0.4, -0.2) is 33.2 Å². The number of H-pyrrole nitrogens is 1. The molecule has 2 N–H and O–H groups in total. The maximum absolute atomic E-state index is 15.7. The molecule has 0 aliphatic carbocycles. The molecule has 10 nitrogen and oxygen atoms in total. The predicted molar refractivity (Wildman–Crippen MR) is 101 cm³/mol. The Bertz CT molecular complexity index is 1290. The van der Waals surface area contributed by atoms with E-state index in [0.29, 0.717) is 17.3 Å². The maximum atomic E-state index is 15.7. The minimum atomic E-state index is -4.72. The van der Waals surface area contributed by atoms with Gasteiger partial charge in [-0.2, -0.15) is 0 Å². The summed E-state index contributed by atoms with van der Waals surface area (Å²) in [5.41, 5.74) is -1.22. The van der Waals surface area contributed by atoms with Gasteiger partial charge in [-0.15, -0.1) is 0 Å². The maximum Gasteiger partial charge on any atom is 0.530 e. The van der Waals surface area contributed by atoms with Crippen molar-refractivity contribution in [2.75, 3.05) is 6.56 Å². The lowest BCUT2D eigenvalue weighted by atomic mass is 10.1. The van der Waals surface area contributed by atoms with Gasteiger partial charge in [0.25, 0.3) is 5.56 Å². The van der Waals surface area contributed by atoms with Crippen molar-refractivity contribution >= 4 is 19.4 Å². The number of aromatic amines is 1. The number of hydrogen-bond acceptors (Lipinski definition) is 8. The highest BCUT2D eigenvalue weighted by atomic mass is 35.5. The van der Waals surface area contributed by atoms with E-state index in [1.165, 1.54) is 0 Å². The first-order chi connectivity index (χ1) is 15.2. The lowest BCUT2D eigenvalue weighted by molar-refractivity contribution is -0.179. The van der Waals surface area contributed by atoms with E-state index in [0.717, 1.165) is 0 Å². The third-order valence-corrected chi connectivity index (χ3v) is 5.76. The van der Waals surface area contributed by atoms with E-state index in [1.807, 2.05) is 0 Å². The molecule has 1 unspecified atom stereocenters. The molecular formula is C17H17ClFN2O8P. The van der Waals surface area contributed by atoms with E-state index in [-0.39, 0.29) is 16.9 Å². The Morgan fingerprint density at radius 2 is 2.33 bits per heavy atom. The summed E-state index contributed by atoms with van der Waals surface area (Å²) < 4.78 is 73.2. The molecule has 0 amide bonds. The van der Waals surface area contributed by atoms with Crippen LogP contribution in [0.1, 0.15) is 27.9 Å². The fourth-order valence-electron chi connectivity index (χ4n) is 2.91. The summed E-state index contributed by atoms with van der Waals surface area (Å²) >= 11 is 5.65. The Morgan fingerprint density at radius 3 is 3.10 bits per heavy atom. The SMILES string of the molecule is [2H]C([2H])(OP1(=O)OCc2cccc(C)c2O1)[C@]1(F)C[C@@H](O)[C@]([2H])(n2cc(Cl)c(=O)[nH]c2=O)O1. The van der Waals surface area contributed by atoms with Crippen LogP contribution >= 0.6 is 19.4 Å². The quantitative estimate of drug-likeness (QED) is 0.657. The summed E-state index contributed by atoms with van der Waals surface area (Å²) in [6, 6.07) is 4.95. The molecule has 0 bridgehead atoms. The molecule has 2 aliphatic rings. The molecule has 1 fully saturated rings. The van der Waals surface area contributed by atoms with Crippen LogP contribution in [0.5, 0.6) is 5.75 Å². The van der Waals surface area contributed by atoms with E-state index in [4.69, 9.17) is 34.0 Å². The number of ether oxygens (including phenoxy) is 1. The van der Waals surface area contributed by atoms with Gasteiger partial charge in [0.15, 0.2) is 6.20 Å². The lowest BCUT2D eigenvalue weighted by Crippen LogP contribution is -2.36. The molecule has 4 atom stereocenters. The van der Waals surface area contributed by atoms with Gasteiger partial charge in [0.05, 0.1) is 10.7 Å². The number of fused-ring (bicyclic) bond motifs is 1. The number of hydrogen-bond donors (Lipinski definition) is 2. The second kappa shape index (κ2) is 7.60. The third-order valence-electron chi connectivity index (χ3n) is 4.33. The molecule has 1 aromatic carbocycles. The minimum Gasteiger partial charge on any atom is -0.403 e. The van der Waals surface area contributed by atoms with Crippen LogP contribution in [0.2, 0.25) is 5.02 Å². The van der Waals surface area contributed by atoms with Crippen molar-refractivity contribution in [3.8, 4) is 5.75 Å². The Labute approximate surface area is 177 Å². The number of phosphoric acid groups is 1. The molecule has 1 saturated heterocycles. The molecule has 30 heavy (non-hydrogen) atoms. The van der Waals surface area contributed by atoms with Gasteiger partial charge < -0.3 is 14.4 Å². The topological polar surface area (TPSA) is 129 Å². The Hall–Kier alpha value is -2.01. The van der Waals surface area contributed by atoms with Gasteiger partial charge in [0, 0.05) is 18.2 Å². The molecule has 2 aliphatic heterocycles. The predicted octanol–water partition coefficient (Wildman–Crippen LogP) is 2.18. The van der Waals surface area contributed by atoms with E-state index < -0.39 is 55.2 Å². The van der Waals surface area contributed by atoms with Crippen LogP contribution in [0.3, 0.4) is 0 Å². The Morgan fingerprint density at radius 1 is 1.57 bits per heavy atom. The number of benzene rings is 1. The number of phosphoric ester groups is 1. The zero-order valence-electron chi connectivity index (χ0n) is 18.3. The number of aliphatic hydroxyl groups is 1. The monoisotopic (exact) mass is 465 g/mol. The molecular weight excluding hydrogens is 446 g/mol. The minimum absolute atomic E-state index is 0.118. The zero-order valence-corrected chi connectivity index (χ0v) is 16.9. The van der Waals surface area contributed by atoms with Gasteiger partial charge in [0.1, 0.15) is 23.4 Å². The molecule has 0 saturated carbocycles. The van der Waals surface area contributed by atoms with Crippen molar-refractivity contribution in [2.24, 2.45) is 0 Å². The Balaban J connectivity index is 1.64. The van der Waals surface area contributed by atoms with E-state index in [1.54, 1.807) is 30.1 Å². The summed E-state index contributed by atoms with van der Waals surface area (Å²) in [7, 11) is -4.72. The average molecular weight is 466 g/mol. The van der Waals surface area contributed by atoms with Crippen LogP contribution in [-0.2, 0) is 25.0 Å².